The van der Waals surface area contributed by atoms with Gasteiger partial charge in [0.2, 0.25) is 0 Å². The summed E-state index contributed by atoms with van der Waals surface area (Å²) < 4.78 is 40.4. The first-order valence-corrected chi connectivity index (χ1v) is 7.24. The lowest BCUT2D eigenvalue weighted by Gasteiger charge is -2.23. The van der Waals surface area contributed by atoms with Crippen LogP contribution in [0, 0.1) is 6.92 Å². The van der Waals surface area contributed by atoms with Gasteiger partial charge in [0.25, 0.3) is 0 Å². The largest absolute Gasteiger partial charge is 0.416 e. The van der Waals surface area contributed by atoms with Crippen molar-refractivity contribution in [3.05, 3.63) is 69.2 Å². The number of aryl methyl sites for hydroxylation is 1. The van der Waals surface area contributed by atoms with Crippen LogP contribution < -0.4 is 5.32 Å². The van der Waals surface area contributed by atoms with Gasteiger partial charge in [0, 0.05) is 4.47 Å². The van der Waals surface area contributed by atoms with Crippen molar-refractivity contribution in [2.75, 3.05) is 7.05 Å². The van der Waals surface area contributed by atoms with Gasteiger partial charge >= 0.3 is 6.18 Å². The summed E-state index contributed by atoms with van der Waals surface area (Å²) in [6, 6.07) is 10.7. The Hall–Kier alpha value is -1.33. The van der Waals surface area contributed by atoms with Gasteiger partial charge in [-0.15, -0.1) is 0 Å². The van der Waals surface area contributed by atoms with Gasteiger partial charge in [-0.25, -0.2) is 0 Å². The van der Waals surface area contributed by atoms with Gasteiger partial charge in [-0.2, -0.15) is 13.2 Å². The summed E-state index contributed by atoms with van der Waals surface area (Å²) in [5.74, 6) is 0. The maximum absolute atomic E-state index is 13.2. The van der Waals surface area contributed by atoms with E-state index in [2.05, 4.69) is 21.2 Å². The van der Waals surface area contributed by atoms with Crippen LogP contribution in [-0.4, -0.2) is 7.05 Å². The van der Waals surface area contributed by atoms with E-state index in [0.717, 1.165) is 21.7 Å². The van der Waals surface area contributed by atoms with Crippen LogP contribution in [0.3, 0.4) is 0 Å². The highest BCUT2D eigenvalue weighted by molar-refractivity contribution is 9.10. The van der Waals surface area contributed by atoms with Gasteiger partial charge < -0.3 is 5.32 Å². The summed E-state index contributed by atoms with van der Waals surface area (Å²) in [4.78, 5) is 0. The molecule has 21 heavy (non-hydrogen) atoms. The first-order chi connectivity index (χ1) is 9.86. The normalized spacial score (nSPS) is 13.2. The Kier molecular flexibility index (Phi) is 4.74. The lowest BCUT2D eigenvalue weighted by Crippen LogP contribution is -2.22. The molecule has 5 heteroatoms. The summed E-state index contributed by atoms with van der Waals surface area (Å²) in [6.07, 6.45) is -4.37. The number of halogens is 4. The van der Waals surface area contributed by atoms with Crippen molar-refractivity contribution in [2.45, 2.75) is 19.1 Å². The summed E-state index contributed by atoms with van der Waals surface area (Å²) in [5.41, 5.74) is 1.38. The zero-order chi connectivity index (χ0) is 15.6. The summed E-state index contributed by atoms with van der Waals surface area (Å²) in [6.45, 7) is 1.91. The van der Waals surface area contributed by atoms with Crippen LogP contribution in [0.25, 0.3) is 0 Å². The summed E-state index contributed by atoms with van der Waals surface area (Å²) in [7, 11) is 1.66. The first kappa shape index (κ1) is 16.0. The molecule has 0 amide bonds. The summed E-state index contributed by atoms with van der Waals surface area (Å²) in [5, 5.41) is 2.99. The molecule has 0 bridgehead atoms. The molecule has 0 aliphatic rings. The molecule has 1 nitrogen and oxygen atoms in total. The highest BCUT2D eigenvalue weighted by Gasteiger charge is 2.35. The number of hydrogen-bond donors (Lipinski definition) is 1. The lowest BCUT2D eigenvalue weighted by atomic mass is 9.93. The molecule has 0 aliphatic heterocycles. The van der Waals surface area contributed by atoms with Crippen LogP contribution in [0.15, 0.2) is 46.9 Å². The number of alkyl halides is 3. The van der Waals surface area contributed by atoms with Crippen LogP contribution in [0.4, 0.5) is 13.2 Å². The maximum Gasteiger partial charge on any atom is 0.416 e. The second-order valence-corrected chi connectivity index (χ2v) is 5.58. The van der Waals surface area contributed by atoms with E-state index >= 15 is 0 Å². The van der Waals surface area contributed by atoms with Gasteiger partial charge in [-0.1, -0.05) is 52.3 Å². The van der Waals surface area contributed by atoms with Crippen LogP contribution >= 0.6 is 15.9 Å². The minimum absolute atomic E-state index is 0.221. The second-order valence-electron chi connectivity index (χ2n) is 4.78. The Morgan fingerprint density at radius 1 is 1.00 bits per heavy atom. The number of hydrogen-bond acceptors (Lipinski definition) is 1. The number of nitrogens with one attached hydrogen (secondary N) is 1. The molecular weight excluding hydrogens is 343 g/mol. The van der Waals surface area contributed by atoms with Crippen molar-refractivity contribution in [1.29, 1.82) is 0 Å². The molecule has 112 valence electrons. The van der Waals surface area contributed by atoms with E-state index in [4.69, 9.17) is 0 Å². The molecule has 1 unspecified atom stereocenters. The van der Waals surface area contributed by atoms with Gasteiger partial charge in [-0.3, -0.25) is 0 Å². The average Bonchev–Trinajstić information content (AvgIpc) is 2.44. The van der Waals surface area contributed by atoms with Crippen molar-refractivity contribution >= 4 is 15.9 Å². The topological polar surface area (TPSA) is 12.0 Å². The zero-order valence-electron chi connectivity index (χ0n) is 11.6. The van der Waals surface area contributed by atoms with E-state index in [0.29, 0.717) is 0 Å². The van der Waals surface area contributed by atoms with Gasteiger partial charge in [-0.05, 0) is 36.7 Å². The Bertz CT molecular complexity index is 638. The van der Waals surface area contributed by atoms with Crippen LogP contribution in [-0.2, 0) is 6.18 Å². The van der Waals surface area contributed by atoms with Crippen LogP contribution in [0.2, 0.25) is 0 Å². The second kappa shape index (κ2) is 6.20. The molecule has 2 aromatic rings. The molecule has 1 N–H and O–H groups in total. The Balaban J connectivity index is 2.60. The maximum atomic E-state index is 13.2. The van der Waals surface area contributed by atoms with Gasteiger partial charge in [0.05, 0.1) is 11.6 Å². The van der Waals surface area contributed by atoms with Crippen LogP contribution in [0.1, 0.15) is 28.3 Å². The van der Waals surface area contributed by atoms with E-state index in [1.54, 1.807) is 13.1 Å². The smallest absolute Gasteiger partial charge is 0.309 e. The quantitative estimate of drug-likeness (QED) is 0.806. The fraction of sp³-hybridized carbons (Fsp3) is 0.250. The van der Waals surface area contributed by atoms with E-state index in [1.165, 1.54) is 12.1 Å². The molecule has 0 saturated carbocycles. The minimum atomic E-state index is -4.37. The average molecular weight is 358 g/mol. The van der Waals surface area contributed by atoms with Crippen molar-refractivity contribution < 1.29 is 13.2 Å². The van der Waals surface area contributed by atoms with E-state index in [-0.39, 0.29) is 5.56 Å². The van der Waals surface area contributed by atoms with Crippen molar-refractivity contribution in [1.82, 2.24) is 5.32 Å². The van der Waals surface area contributed by atoms with E-state index < -0.39 is 17.8 Å². The fourth-order valence-corrected chi connectivity index (χ4v) is 2.87. The monoisotopic (exact) mass is 357 g/mol. The molecule has 1 atom stereocenters. The highest BCUT2D eigenvalue weighted by Crippen LogP contribution is 2.38. The molecule has 0 aliphatic carbocycles. The van der Waals surface area contributed by atoms with Gasteiger partial charge in [0.1, 0.15) is 0 Å². The van der Waals surface area contributed by atoms with Crippen molar-refractivity contribution in [2.24, 2.45) is 0 Å². The molecule has 0 spiro atoms. The SMILES string of the molecule is CNC(c1ccccc1C(F)(F)F)c1cccc(C)c1Br. The molecular formula is C16H15BrF3N. The fourth-order valence-electron chi connectivity index (χ4n) is 2.38. The molecule has 0 radical (unpaired) electrons. The minimum Gasteiger partial charge on any atom is -0.309 e. The van der Waals surface area contributed by atoms with Crippen molar-refractivity contribution in [3.8, 4) is 0 Å². The Morgan fingerprint density at radius 2 is 1.62 bits per heavy atom. The molecule has 0 aromatic heterocycles. The Labute approximate surface area is 130 Å². The number of benzene rings is 2. The van der Waals surface area contributed by atoms with E-state index in [9.17, 15) is 13.2 Å². The summed E-state index contributed by atoms with van der Waals surface area (Å²) >= 11 is 3.47. The first-order valence-electron chi connectivity index (χ1n) is 6.44. The molecule has 2 aromatic carbocycles. The van der Waals surface area contributed by atoms with E-state index in [1.807, 2.05) is 25.1 Å². The third-order valence-electron chi connectivity index (χ3n) is 3.40. The highest BCUT2D eigenvalue weighted by atomic mass is 79.9. The molecule has 0 fully saturated rings. The molecule has 0 heterocycles. The van der Waals surface area contributed by atoms with Crippen LogP contribution in [0.5, 0.6) is 0 Å². The van der Waals surface area contributed by atoms with Gasteiger partial charge in [0.15, 0.2) is 0 Å². The number of rotatable bonds is 3. The Morgan fingerprint density at radius 3 is 2.24 bits per heavy atom. The predicted octanol–water partition coefficient (Wildman–Crippen LogP) is 5.09. The third-order valence-corrected chi connectivity index (χ3v) is 4.48. The lowest BCUT2D eigenvalue weighted by molar-refractivity contribution is -0.138. The zero-order valence-corrected chi connectivity index (χ0v) is 13.2. The molecule has 0 saturated heterocycles. The predicted molar refractivity (Wildman–Crippen MR) is 81.2 cm³/mol. The molecule has 2 rings (SSSR count). The third kappa shape index (κ3) is 3.30. The van der Waals surface area contributed by atoms with Crippen molar-refractivity contribution in [3.63, 3.8) is 0 Å². The standard InChI is InChI=1S/C16H15BrF3N/c1-10-6-5-8-12(14(10)17)15(21-2)11-7-3-4-9-13(11)16(18,19)20/h3-9,15,21H,1-2H3.